The van der Waals surface area contributed by atoms with Gasteiger partial charge in [-0.25, -0.2) is 9.97 Å². The zero-order chi connectivity index (χ0) is 16.2. The van der Waals surface area contributed by atoms with Gasteiger partial charge in [-0.3, -0.25) is 14.9 Å². The van der Waals surface area contributed by atoms with Gasteiger partial charge in [-0.1, -0.05) is 0 Å². The van der Waals surface area contributed by atoms with Crippen molar-refractivity contribution in [3.05, 3.63) is 42.2 Å². The van der Waals surface area contributed by atoms with E-state index < -0.39 is 0 Å². The van der Waals surface area contributed by atoms with Gasteiger partial charge in [0.15, 0.2) is 0 Å². The maximum atomic E-state index is 5.41. The zero-order valence-electron chi connectivity index (χ0n) is 13.7. The van der Waals surface area contributed by atoms with Crippen LogP contribution >= 0.6 is 0 Å². The van der Waals surface area contributed by atoms with Crippen LogP contribution in [0.1, 0.15) is 30.3 Å². The summed E-state index contributed by atoms with van der Waals surface area (Å²) in [5.74, 6) is 0.778. The molecule has 126 valence electrons. The van der Waals surface area contributed by atoms with Crippen LogP contribution in [0.25, 0.3) is 0 Å². The summed E-state index contributed by atoms with van der Waals surface area (Å²) in [5.41, 5.74) is 2.04. The number of aromatic nitrogens is 4. The van der Waals surface area contributed by atoms with Crippen molar-refractivity contribution in [2.75, 3.05) is 37.7 Å². The van der Waals surface area contributed by atoms with Crippen LogP contribution < -0.4 is 4.90 Å². The Hall–Kier alpha value is -2.12. The van der Waals surface area contributed by atoms with Crippen molar-refractivity contribution >= 4 is 5.95 Å². The number of morpholine rings is 1. The van der Waals surface area contributed by atoms with Gasteiger partial charge in [0.25, 0.3) is 0 Å². The lowest BCUT2D eigenvalue weighted by molar-refractivity contribution is 0.0335. The summed E-state index contributed by atoms with van der Waals surface area (Å²) in [7, 11) is 0. The highest BCUT2D eigenvalue weighted by Gasteiger charge is 2.29. The number of nitrogens with zero attached hydrogens (tertiary/aromatic N) is 6. The van der Waals surface area contributed by atoms with E-state index in [-0.39, 0.29) is 6.04 Å². The fourth-order valence-corrected chi connectivity index (χ4v) is 3.40. The third kappa shape index (κ3) is 3.37. The number of hydrogen-bond acceptors (Lipinski definition) is 7. The summed E-state index contributed by atoms with van der Waals surface area (Å²) in [6, 6.07) is 2.06. The first kappa shape index (κ1) is 15.4. The molecule has 0 amide bonds. The topological polar surface area (TPSA) is 67.3 Å². The van der Waals surface area contributed by atoms with Crippen LogP contribution in [-0.2, 0) is 11.3 Å². The Morgan fingerprint density at radius 1 is 1.08 bits per heavy atom. The first-order chi connectivity index (χ1) is 11.9. The highest BCUT2D eigenvalue weighted by Crippen LogP contribution is 2.32. The zero-order valence-corrected chi connectivity index (χ0v) is 13.7. The molecule has 2 saturated heterocycles. The fourth-order valence-electron chi connectivity index (χ4n) is 3.40. The molecule has 2 aromatic heterocycles. The average Bonchev–Trinajstić information content (AvgIpc) is 3.13. The molecular formula is C17H22N6O. The Balaban J connectivity index is 1.52. The molecule has 7 nitrogen and oxygen atoms in total. The standard InChI is InChI=1S/C17H22N6O/c1-3-16(23(6-1)17-19-4-2-5-20-17)15-12-18-11-14(21-15)13-22-7-9-24-10-8-22/h2,4-5,11-12,16H,1,3,6-10,13H2/t16-/m1/s1. The van der Waals surface area contributed by atoms with E-state index in [1.165, 1.54) is 0 Å². The molecule has 0 radical (unpaired) electrons. The molecule has 0 spiro atoms. The van der Waals surface area contributed by atoms with E-state index in [1.54, 1.807) is 12.4 Å². The minimum Gasteiger partial charge on any atom is -0.379 e. The molecule has 4 rings (SSSR count). The van der Waals surface area contributed by atoms with Crippen molar-refractivity contribution in [3.63, 3.8) is 0 Å². The summed E-state index contributed by atoms with van der Waals surface area (Å²) in [6.07, 6.45) is 9.52. The fraction of sp³-hybridized carbons (Fsp3) is 0.529. The Bertz CT molecular complexity index is 661. The Kier molecular flexibility index (Phi) is 4.62. The molecule has 0 saturated carbocycles. The van der Waals surface area contributed by atoms with Gasteiger partial charge in [-0.05, 0) is 18.9 Å². The first-order valence-corrected chi connectivity index (χ1v) is 8.55. The van der Waals surface area contributed by atoms with Crippen LogP contribution in [0.15, 0.2) is 30.9 Å². The molecule has 24 heavy (non-hydrogen) atoms. The molecule has 0 N–H and O–H groups in total. The van der Waals surface area contributed by atoms with Gasteiger partial charge in [0.2, 0.25) is 5.95 Å². The molecule has 2 fully saturated rings. The van der Waals surface area contributed by atoms with Gasteiger partial charge in [-0.15, -0.1) is 0 Å². The van der Waals surface area contributed by atoms with E-state index in [1.807, 2.05) is 18.5 Å². The maximum Gasteiger partial charge on any atom is 0.225 e. The molecule has 4 heterocycles. The largest absolute Gasteiger partial charge is 0.379 e. The van der Waals surface area contributed by atoms with Crippen LogP contribution in [0.3, 0.4) is 0 Å². The molecule has 2 aliphatic rings. The average molecular weight is 326 g/mol. The van der Waals surface area contributed by atoms with Crippen LogP contribution in [0.2, 0.25) is 0 Å². The van der Waals surface area contributed by atoms with Gasteiger partial charge in [0.1, 0.15) is 0 Å². The minimum absolute atomic E-state index is 0.213. The van der Waals surface area contributed by atoms with Gasteiger partial charge in [0.05, 0.1) is 36.8 Å². The van der Waals surface area contributed by atoms with Crippen LogP contribution in [0.4, 0.5) is 5.95 Å². The van der Waals surface area contributed by atoms with Gasteiger partial charge in [0, 0.05) is 44.8 Å². The monoisotopic (exact) mass is 326 g/mol. The normalized spacial score (nSPS) is 22.0. The molecule has 2 aliphatic heterocycles. The third-order valence-corrected chi connectivity index (χ3v) is 4.60. The van der Waals surface area contributed by atoms with E-state index in [9.17, 15) is 0 Å². The second-order valence-electron chi connectivity index (χ2n) is 6.22. The van der Waals surface area contributed by atoms with E-state index in [0.29, 0.717) is 0 Å². The van der Waals surface area contributed by atoms with Gasteiger partial charge >= 0.3 is 0 Å². The molecule has 0 aliphatic carbocycles. The maximum absolute atomic E-state index is 5.41. The Labute approximate surface area is 141 Å². The molecule has 0 unspecified atom stereocenters. The quantitative estimate of drug-likeness (QED) is 0.842. The van der Waals surface area contributed by atoms with Crippen molar-refractivity contribution in [2.45, 2.75) is 25.4 Å². The third-order valence-electron chi connectivity index (χ3n) is 4.60. The molecule has 7 heteroatoms. The second kappa shape index (κ2) is 7.19. The highest BCUT2D eigenvalue weighted by molar-refractivity contribution is 5.35. The van der Waals surface area contributed by atoms with E-state index >= 15 is 0 Å². The number of anilines is 1. The predicted molar refractivity (Wildman–Crippen MR) is 89.5 cm³/mol. The molecular weight excluding hydrogens is 304 g/mol. The Morgan fingerprint density at radius 3 is 2.75 bits per heavy atom. The molecule has 1 atom stereocenters. The van der Waals surface area contributed by atoms with Gasteiger partial charge < -0.3 is 9.64 Å². The first-order valence-electron chi connectivity index (χ1n) is 8.55. The number of rotatable bonds is 4. The lowest BCUT2D eigenvalue weighted by atomic mass is 10.1. The summed E-state index contributed by atoms with van der Waals surface area (Å²) < 4.78 is 5.41. The smallest absolute Gasteiger partial charge is 0.225 e. The van der Waals surface area contributed by atoms with Crippen LogP contribution in [-0.4, -0.2) is 57.7 Å². The number of ether oxygens (including phenoxy) is 1. The second-order valence-corrected chi connectivity index (χ2v) is 6.22. The summed E-state index contributed by atoms with van der Waals surface area (Å²) in [5, 5.41) is 0. The van der Waals surface area contributed by atoms with E-state index in [0.717, 1.165) is 69.6 Å². The van der Waals surface area contributed by atoms with E-state index in [2.05, 4.69) is 24.8 Å². The Morgan fingerprint density at radius 2 is 1.92 bits per heavy atom. The van der Waals surface area contributed by atoms with Crippen molar-refractivity contribution in [1.29, 1.82) is 0 Å². The number of hydrogen-bond donors (Lipinski definition) is 0. The summed E-state index contributed by atoms with van der Waals surface area (Å²) >= 11 is 0. The SMILES string of the molecule is c1cnc(N2CCC[C@@H]2c2cncc(CN3CCOCC3)n2)nc1. The van der Waals surface area contributed by atoms with Crippen molar-refractivity contribution in [2.24, 2.45) is 0 Å². The van der Waals surface area contributed by atoms with E-state index in [4.69, 9.17) is 9.72 Å². The predicted octanol–water partition coefficient (Wildman–Crippen LogP) is 1.44. The van der Waals surface area contributed by atoms with Crippen molar-refractivity contribution in [3.8, 4) is 0 Å². The van der Waals surface area contributed by atoms with Gasteiger partial charge in [-0.2, -0.15) is 0 Å². The van der Waals surface area contributed by atoms with Crippen molar-refractivity contribution < 1.29 is 4.74 Å². The summed E-state index contributed by atoms with van der Waals surface area (Å²) in [6.45, 7) is 5.31. The molecule has 2 aromatic rings. The van der Waals surface area contributed by atoms with Crippen molar-refractivity contribution in [1.82, 2.24) is 24.8 Å². The lowest BCUT2D eigenvalue weighted by Crippen LogP contribution is -2.36. The minimum atomic E-state index is 0.213. The van der Waals surface area contributed by atoms with Crippen LogP contribution in [0, 0.1) is 0 Å². The highest BCUT2D eigenvalue weighted by atomic mass is 16.5. The lowest BCUT2D eigenvalue weighted by Gasteiger charge is -2.27. The molecule has 0 aromatic carbocycles. The summed E-state index contributed by atoms with van der Waals surface area (Å²) in [4.78, 5) is 22.7. The van der Waals surface area contributed by atoms with Crippen LogP contribution in [0.5, 0.6) is 0 Å². The molecule has 0 bridgehead atoms.